The van der Waals surface area contributed by atoms with Gasteiger partial charge in [0.2, 0.25) is 0 Å². The first-order chi connectivity index (χ1) is 16.3. The van der Waals surface area contributed by atoms with Crippen LogP contribution in [0.15, 0.2) is 85.1 Å². The van der Waals surface area contributed by atoms with Gasteiger partial charge >= 0.3 is 0 Å². The van der Waals surface area contributed by atoms with E-state index in [0.29, 0.717) is 0 Å². The van der Waals surface area contributed by atoms with Crippen LogP contribution in [0.3, 0.4) is 0 Å². The van der Waals surface area contributed by atoms with Crippen LogP contribution in [0.2, 0.25) is 0 Å². The fourth-order valence-corrected chi connectivity index (χ4v) is 3.94. The predicted octanol–water partition coefficient (Wildman–Crippen LogP) is 6.82. The van der Waals surface area contributed by atoms with Gasteiger partial charge in [0.15, 0.2) is 0 Å². The number of rotatable bonds is 0. The summed E-state index contributed by atoms with van der Waals surface area (Å²) in [5, 5.41) is 1.28. The van der Waals surface area contributed by atoms with Gasteiger partial charge in [0, 0.05) is 33.8 Å². The molecule has 4 aromatic heterocycles. The van der Waals surface area contributed by atoms with Crippen molar-refractivity contribution < 1.29 is 0 Å². The van der Waals surface area contributed by atoms with Crippen LogP contribution in [-0.2, 0) is 0 Å². The van der Waals surface area contributed by atoms with Crippen molar-refractivity contribution in [1.82, 2.24) is 24.9 Å². The van der Waals surface area contributed by atoms with Crippen LogP contribution in [0.25, 0.3) is 57.3 Å². The highest BCUT2D eigenvalue weighted by atomic mass is 14.8. The molecule has 33 heavy (non-hydrogen) atoms. The molecular formula is C28H21N5. The first-order valence-corrected chi connectivity index (χ1v) is 10.8. The summed E-state index contributed by atoms with van der Waals surface area (Å²) in [5.41, 5.74) is 9.07. The number of para-hydroxylation sites is 1. The third-order valence-corrected chi connectivity index (χ3v) is 5.50. The van der Waals surface area contributed by atoms with Gasteiger partial charge in [-0.3, -0.25) is 0 Å². The van der Waals surface area contributed by atoms with E-state index in [9.17, 15) is 0 Å². The van der Waals surface area contributed by atoms with E-state index in [2.05, 4.69) is 73.5 Å². The molecule has 0 radical (unpaired) electrons. The molecule has 2 aliphatic heterocycles. The lowest BCUT2D eigenvalue weighted by molar-refractivity contribution is 1.28. The summed E-state index contributed by atoms with van der Waals surface area (Å²) in [4.78, 5) is 19.1. The van der Waals surface area contributed by atoms with Crippen LogP contribution in [0.1, 0.15) is 22.8 Å². The monoisotopic (exact) mass is 427 g/mol. The minimum Gasteiger partial charge on any atom is -0.361 e. The summed E-state index contributed by atoms with van der Waals surface area (Å²) in [5.74, 6) is 0. The van der Waals surface area contributed by atoms with E-state index in [1.54, 1.807) is 0 Å². The van der Waals surface area contributed by atoms with E-state index < -0.39 is 0 Å². The van der Waals surface area contributed by atoms with Crippen molar-refractivity contribution >= 4 is 57.3 Å². The number of H-pyrrole nitrogens is 3. The summed E-state index contributed by atoms with van der Waals surface area (Å²) < 4.78 is 0. The topological polar surface area (TPSA) is 73.2 Å². The molecule has 5 heteroatoms. The number of aromatic nitrogens is 5. The van der Waals surface area contributed by atoms with E-state index in [1.807, 2.05) is 60.8 Å². The molecule has 0 amide bonds. The van der Waals surface area contributed by atoms with Gasteiger partial charge in [-0.05, 0) is 90.4 Å². The molecule has 5 aromatic rings. The molecule has 0 spiro atoms. The maximum atomic E-state index is 4.62. The normalized spacial score (nSPS) is 12.0. The van der Waals surface area contributed by atoms with Gasteiger partial charge in [-0.2, -0.15) is 0 Å². The van der Waals surface area contributed by atoms with Gasteiger partial charge in [-0.1, -0.05) is 18.2 Å². The molecule has 0 saturated heterocycles. The zero-order chi connectivity index (χ0) is 22.0. The maximum absolute atomic E-state index is 4.62. The molecule has 1 aromatic carbocycles. The van der Waals surface area contributed by atoms with Crippen LogP contribution in [-0.4, -0.2) is 24.9 Å². The second-order valence-electron chi connectivity index (χ2n) is 7.97. The fraction of sp³-hybridized carbons (Fsp3) is 0. The number of nitrogens with one attached hydrogen (secondary N) is 3. The van der Waals surface area contributed by atoms with Crippen molar-refractivity contribution in [3.8, 4) is 0 Å². The van der Waals surface area contributed by atoms with Gasteiger partial charge in [-0.25, -0.2) is 9.97 Å². The number of hydrogen-bond acceptors (Lipinski definition) is 2. The Morgan fingerprint density at radius 3 is 1.58 bits per heavy atom. The molecule has 3 N–H and O–H groups in total. The summed E-state index contributed by atoms with van der Waals surface area (Å²) in [6.45, 7) is 0. The molecule has 2 aliphatic rings. The number of hydrogen-bond donors (Lipinski definition) is 3. The molecule has 0 aliphatic carbocycles. The Kier molecular flexibility index (Phi) is 4.70. The lowest BCUT2D eigenvalue weighted by atomic mass is 10.3. The van der Waals surface area contributed by atoms with Crippen molar-refractivity contribution in [2.45, 2.75) is 0 Å². The summed E-state index contributed by atoms with van der Waals surface area (Å²) in [6.07, 6.45) is 10.00. The van der Waals surface area contributed by atoms with Crippen molar-refractivity contribution in [2.24, 2.45) is 0 Å². The number of nitrogens with zero attached hydrogens (tertiary/aromatic N) is 2. The van der Waals surface area contributed by atoms with Crippen LogP contribution in [0, 0.1) is 0 Å². The highest BCUT2D eigenvalue weighted by molar-refractivity contribution is 5.79. The van der Waals surface area contributed by atoms with E-state index in [0.717, 1.165) is 44.8 Å². The Hall–Kier alpha value is -4.64. The molecule has 0 saturated carbocycles. The molecule has 0 atom stereocenters. The Morgan fingerprint density at radius 2 is 1.00 bits per heavy atom. The molecule has 0 unspecified atom stereocenters. The minimum atomic E-state index is 0.915. The highest BCUT2D eigenvalue weighted by Crippen LogP contribution is 2.17. The van der Waals surface area contributed by atoms with Crippen LogP contribution < -0.4 is 0 Å². The van der Waals surface area contributed by atoms with Crippen molar-refractivity contribution in [1.29, 1.82) is 0 Å². The molecule has 158 valence electrons. The maximum Gasteiger partial charge on any atom is 0.0659 e. The zero-order valence-corrected chi connectivity index (χ0v) is 17.8. The summed E-state index contributed by atoms with van der Waals surface area (Å²) in [6, 6.07) is 26.7. The number of benzene rings is 1. The Morgan fingerprint density at radius 1 is 0.485 bits per heavy atom. The van der Waals surface area contributed by atoms with E-state index in [4.69, 9.17) is 0 Å². The predicted molar refractivity (Wildman–Crippen MR) is 137 cm³/mol. The summed E-state index contributed by atoms with van der Waals surface area (Å²) in [7, 11) is 0. The van der Waals surface area contributed by atoms with E-state index >= 15 is 0 Å². The standard InChI is InChI=1S/C20H14N4.C8H7N/c1-2-14-10-16-5-6-18(23-16)12-20-8-7-19(24-20)11-17-4-3-15(22-17)9-13(1)21-14;1-2-4-8-7(3-1)5-6-9-8/h1-12,21-22H;1-6,9H. The average molecular weight is 428 g/mol. The van der Waals surface area contributed by atoms with Crippen molar-refractivity contribution in [2.75, 3.05) is 0 Å². The Balaban J connectivity index is 0.000000192. The molecular weight excluding hydrogens is 406 g/mol. The quantitative estimate of drug-likeness (QED) is 0.248. The van der Waals surface area contributed by atoms with Gasteiger partial charge in [0.1, 0.15) is 0 Å². The van der Waals surface area contributed by atoms with Gasteiger partial charge in [0.05, 0.1) is 22.8 Å². The van der Waals surface area contributed by atoms with E-state index in [-0.39, 0.29) is 0 Å². The Bertz CT molecular complexity index is 1560. The van der Waals surface area contributed by atoms with Crippen molar-refractivity contribution in [3.63, 3.8) is 0 Å². The highest BCUT2D eigenvalue weighted by Gasteiger charge is 2.02. The number of fused-ring (bicyclic) bond motifs is 9. The minimum absolute atomic E-state index is 0.915. The summed E-state index contributed by atoms with van der Waals surface area (Å²) >= 11 is 0. The first kappa shape index (κ1) is 19.1. The van der Waals surface area contributed by atoms with Gasteiger partial charge in [0.25, 0.3) is 0 Å². The molecule has 8 bridgehead atoms. The zero-order valence-electron chi connectivity index (χ0n) is 17.8. The lowest BCUT2D eigenvalue weighted by Crippen LogP contribution is -1.77. The largest absolute Gasteiger partial charge is 0.361 e. The second-order valence-corrected chi connectivity index (χ2v) is 7.97. The Labute approximate surface area is 190 Å². The first-order valence-electron chi connectivity index (χ1n) is 10.8. The van der Waals surface area contributed by atoms with Gasteiger partial charge < -0.3 is 15.0 Å². The van der Waals surface area contributed by atoms with Gasteiger partial charge in [-0.15, -0.1) is 0 Å². The number of aromatic amines is 3. The fourth-order valence-electron chi connectivity index (χ4n) is 3.94. The molecule has 5 nitrogen and oxygen atoms in total. The third kappa shape index (κ3) is 4.25. The lowest BCUT2D eigenvalue weighted by Gasteiger charge is -1.86. The molecule has 6 heterocycles. The van der Waals surface area contributed by atoms with Crippen molar-refractivity contribution in [3.05, 3.63) is 108 Å². The smallest absolute Gasteiger partial charge is 0.0659 e. The SMILES string of the molecule is C1=Cc2cc3ccc(cc4ccc(cc5nc(cc1n2)C=C5)[nH]4)[nH]3.c1ccc2[nH]ccc2c1. The van der Waals surface area contributed by atoms with Crippen LogP contribution in [0.4, 0.5) is 0 Å². The van der Waals surface area contributed by atoms with Crippen LogP contribution >= 0.6 is 0 Å². The van der Waals surface area contributed by atoms with E-state index in [1.165, 1.54) is 10.9 Å². The second kappa shape index (κ2) is 8.13. The third-order valence-electron chi connectivity index (χ3n) is 5.50. The van der Waals surface area contributed by atoms with Crippen LogP contribution in [0.5, 0.6) is 0 Å². The molecule has 0 fully saturated rings. The average Bonchev–Trinajstić information content (AvgIpc) is 3.63. The molecule has 7 rings (SSSR count).